The molecule has 84 valence electrons. The molecule has 1 aliphatic carbocycles. The van der Waals surface area contributed by atoms with Crippen LogP contribution in [0.2, 0.25) is 0 Å². The topological polar surface area (TPSA) is 27.0 Å². The van der Waals surface area contributed by atoms with Crippen LogP contribution in [0.1, 0.15) is 30.4 Å². The van der Waals surface area contributed by atoms with Crippen LogP contribution < -0.4 is 0 Å². The lowest BCUT2D eigenvalue weighted by atomic mass is 9.85. The van der Waals surface area contributed by atoms with Crippen molar-refractivity contribution >= 4 is 0 Å². The van der Waals surface area contributed by atoms with Crippen molar-refractivity contribution in [3.63, 3.8) is 0 Å². The van der Waals surface area contributed by atoms with Crippen molar-refractivity contribution in [2.24, 2.45) is 5.92 Å². The summed E-state index contributed by atoms with van der Waals surface area (Å²) in [5.74, 6) is 0.888. The van der Waals surface area contributed by atoms with Gasteiger partial charge in [0.25, 0.3) is 0 Å². The fraction of sp³-hybridized carbons (Fsp3) is 0.500. The highest BCUT2D eigenvalue weighted by Gasteiger charge is 2.19. The van der Waals surface area contributed by atoms with Crippen molar-refractivity contribution in [3.05, 3.63) is 35.4 Å². The lowest BCUT2D eigenvalue weighted by molar-refractivity contribution is 0.200. The second-order valence-electron chi connectivity index (χ2n) is 4.76. The van der Waals surface area contributed by atoms with E-state index in [0.29, 0.717) is 0 Å². The summed E-state index contributed by atoms with van der Waals surface area (Å²) < 4.78 is 0. The van der Waals surface area contributed by atoms with Gasteiger partial charge in [0.1, 0.15) is 0 Å². The molecule has 0 atom stereocenters. The Bertz CT molecular complexity index is 388. The molecule has 0 spiro atoms. The standard InChI is InChI=1S/C14H18N2/c1-16(10-12-5-4-6-12)11-14-8-3-2-7-13(14)9-15/h2-3,7-8,12H,4-6,10-11H2,1H3. The van der Waals surface area contributed by atoms with E-state index >= 15 is 0 Å². The number of benzene rings is 1. The summed E-state index contributed by atoms with van der Waals surface area (Å²) in [5, 5.41) is 9.00. The number of nitriles is 1. The number of hydrogen-bond donors (Lipinski definition) is 0. The maximum atomic E-state index is 9.00. The Morgan fingerprint density at radius 1 is 1.38 bits per heavy atom. The van der Waals surface area contributed by atoms with Gasteiger partial charge in [0.2, 0.25) is 0 Å². The Kier molecular flexibility index (Phi) is 3.58. The summed E-state index contributed by atoms with van der Waals surface area (Å²) >= 11 is 0. The molecule has 1 aromatic rings. The minimum atomic E-state index is 0.808. The third-order valence-electron chi connectivity index (χ3n) is 3.37. The van der Waals surface area contributed by atoms with Crippen molar-refractivity contribution in [1.29, 1.82) is 5.26 Å². The SMILES string of the molecule is CN(Cc1ccccc1C#N)CC1CCC1. The van der Waals surface area contributed by atoms with Crippen LogP contribution in [0.3, 0.4) is 0 Å². The van der Waals surface area contributed by atoms with Gasteiger partial charge in [-0.05, 0) is 37.4 Å². The van der Waals surface area contributed by atoms with E-state index in [9.17, 15) is 0 Å². The van der Waals surface area contributed by atoms with Gasteiger partial charge in [-0.3, -0.25) is 0 Å². The number of rotatable bonds is 4. The Labute approximate surface area is 97.5 Å². The molecule has 0 amide bonds. The van der Waals surface area contributed by atoms with E-state index in [1.165, 1.54) is 25.8 Å². The maximum absolute atomic E-state index is 9.00. The average Bonchev–Trinajstić information content (AvgIpc) is 2.24. The minimum Gasteiger partial charge on any atom is -0.302 e. The molecule has 16 heavy (non-hydrogen) atoms. The van der Waals surface area contributed by atoms with E-state index in [0.717, 1.165) is 23.6 Å². The van der Waals surface area contributed by atoms with E-state index in [-0.39, 0.29) is 0 Å². The van der Waals surface area contributed by atoms with E-state index in [2.05, 4.69) is 24.1 Å². The van der Waals surface area contributed by atoms with Crippen LogP contribution in [0.25, 0.3) is 0 Å². The molecular formula is C14H18N2. The fourth-order valence-electron chi connectivity index (χ4n) is 2.24. The van der Waals surface area contributed by atoms with Gasteiger partial charge in [0, 0.05) is 13.1 Å². The summed E-state index contributed by atoms with van der Waals surface area (Å²) in [6, 6.07) is 10.1. The van der Waals surface area contributed by atoms with Crippen molar-refractivity contribution in [1.82, 2.24) is 4.90 Å². The molecule has 0 N–H and O–H groups in total. The van der Waals surface area contributed by atoms with Crippen LogP contribution in [-0.4, -0.2) is 18.5 Å². The van der Waals surface area contributed by atoms with Crippen LogP contribution >= 0.6 is 0 Å². The molecule has 1 fully saturated rings. The third kappa shape index (κ3) is 2.62. The fourth-order valence-corrected chi connectivity index (χ4v) is 2.24. The first-order chi connectivity index (χ1) is 7.79. The van der Waals surface area contributed by atoms with E-state index in [1.807, 2.05) is 18.2 Å². The van der Waals surface area contributed by atoms with Gasteiger partial charge in [-0.1, -0.05) is 24.6 Å². The molecule has 1 aromatic carbocycles. The monoisotopic (exact) mass is 214 g/mol. The first-order valence-corrected chi connectivity index (χ1v) is 5.96. The first kappa shape index (κ1) is 11.2. The zero-order valence-corrected chi connectivity index (χ0v) is 9.82. The summed E-state index contributed by atoms with van der Waals surface area (Å²) in [6.07, 6.45) is 4.15. The summed E-state index contributed by atoms with van der Waals surface area (Å²) in [6.45, 7) is 2.06. The second-order valence-corrected chi connectivity index (χ2v) is 4.76. The molecule has 0 aromatic heterocycles. The molecule has 0 bridgehead atoms. The molecule has 0 unspecified atom stereocenters. The highest BCUT2D eigenvalue weighted by atomic mass is 15.1. The molecule has 2 nitrogen and oxygen atoms in total. The van der Waals surface area contributed by atoms with Crippen LogP contribution in [0.15, 0.2) is 24.3 Å². The van der Waals surface area contributed by atoms with E-state index in [4.69, 9.17) is 5.26 Å². The van der Waals surface area contributed by atoms with Gasteiger partial charge in [0.15, 0.2) is 0 Å². The van der Waals surface area contributed by atoms with Gasteiger partial charge in [0.05, 0.1) is 11.6 Å². The van der Waals surface area contributed by atoms with Crippen molar-refractivity contribution in [3.8, 4) is 6.07 Å². The van der Waals surface area contributed by atoms with Crippen LogP contribution in [-0.2, 0) is 6.54 Å². The molecule has 2 heteroatoms. The van der Waals surface area contributed by atoms with Gasteiger partial charge < -0.3 is 4.90 Å². The highest BCUT2D eigenvalue weighted by Crippen LogP contribution is 2.27. The van der Waals surface area contributed by atoms with Crippen molar-refractivity contribution in [2.75, 3.05) is 13.6 Å². The molecule has 2 rings (SSSR count). The largest absolute Gasteiger partial charge is 0.302 e. The predicted octanol–water partition coefficient (Wildman–Crippen LogP) is 2.79. The molecule has 0 aliphatic heterocycles. The summed E-state index contributed by atoms with van der Waals surface area (Å²) in [5.41, 5.74) is 1.95. The Morgan fingerprint density at radius 3 is 2.75 bits per heavy atom. The average molecular weight is 214 g/mol. The Morgan fingerprint density at radius 2 is 2.12 bits per heavy atom. The minimum absolute atomic E-state index is 0.808. The van der Waals surface area contributed by atoms with Crippen molar-refractivity contribution < 1.29 is 0 Å². The molecule has 1 saturated carbocycles. The normalized spacial score (nSPS) is 15.8. The van der Waals surface area contributed by atoms with Gasteiger partial charge in [-0.25, -0.2) is 0 Å². The molecule has 0 heterocycles. The first-order valence-electron chi connectivity index (χ1n) is 5.96. The molecule has 0 radical (unpaired) electrons. The highest BCUT2D eigenvalue weighted by molar-refractivity contribution is 5.37. The second kappa shape index (κ2) is 5.14. The van der Waals surface area contributed by atoms with E-state index < -0.39 is 0 Å². The van der Waals surface area contributed by atoms with Gasteiger partial charge in [-0.2, -0.15) is 5.26 Å². The number of nitrogens with zero attached hydrogens (tertiary/aromatic N) is 2. The molecular weight excluding hydrogens is 196 g/mol. The maximum Gasteiger partial charge on any atom is 0.0995 e. The smallest absolute Gasteiger partial charge is 0.0995 e. The predicted molar refractivity (Wildman–Crippen MR) is 64.8 cm³/mol. The van der Waals surface area contributed by atoms with Gasteiger partial charge >= 0.3 is 0 Å². The quantitative estimate of drug-likeness (QED) is 0.770. The van der Waals surface area contributed by atoms with Crippen LogP contribution in [0.4, 0.5) is 0 Å². The van der Waals surface area contributed by atoms with Gasteiger partial charge in [-0.15, -0.1) is 0 Å². The lowest BCUT2D eigenvalue weighted by Crippen LogP contribution is -2.29. The van der Waals surface area contributed by atoms with Crippen molar-refractivity contribution in [2.45, 2.75) is 25.8 Å². The molecule has 1 aliphatic rings. The summed E-state index contributed by atoms with van der Waals surface area (Å²) in [4.78, 5) is 2.33. The summed E-state index contributed by atoms with van der Waals surface area (Å²) in [7, 11) is 2.15. The Hall–Kier alpha value is -1.33. The van der Waals surface area contributed by atoms with Crippen LogP contribution in [0.5, 0.6) is 0 Å². The van der Waals surface area contributed by atoms with E-state index in [1.54, 1.807) is 0 Å². The third-order valence-corrected chi connectivity index (χ3v) is 3.37. The molecule has 0 saturated heterocycles. The Balaban J connectivity index is 1.94. The zero-order valence-electron chi connectivity index (χ0n) is 9.82. The lowest BCUT2D eigenvalue weighted by Gasteiger charge is -2.30. The number of hydrogen-bond acceptors (Lipinski definition) is 2. The zero-order chi connectivity index (χ0) is 11.4. The van der Waals surface area contributed by atoms with Crippen LogP contribution in [0, 0.1) is 17.2 Å².